The molecule has 24 heavy (non-hydrogen) atoms. The number of nitrogens with one attached hydrogen (secondary N) is 1. The molecule has 0 saturated heterocycles. The lowest BCUT2D eigenvalue weighted by Gasteiger charge is -2.18. The van der Waals surface area contributed by atoms with Gasteiger partial charge in [0.05, 0.1) is 5.69 Å². The average molecular weight is 347 g/mol. The van der Waals surface area contributed by atoms with Crippen LogP contribution in [0.25, 0.3) is 6.08 Å². The zero-order valence-electron chi connectivity index (χ0n) is 14.3. The van der Waals surface area contributed by atoms with E-state index in [2.05, 4.69) is 27.4 Å². The van der Waals surface area contributed by atoms with Crippen molar-refractivity contribution in [1.29, 1.82) is 0 Å². The molecular weight excluding hydrogens is 324 g/mol. The second-order valence-corrected chi connectivity index (χ2v) is 6.01. The first-order valence-electron chi connectivity index (χ1n) is 7.90. The minimum atomic E-state index is -0.128. The number of carbonyl (C=O) groups excluding carboxylic acids is 1. The van der Waals surface area contributed by atoms with Crippen molar-refractivity contribution in [2.24, 2.45) is 7.05 Å². The van der Waals surface area contributed by atoms with Crippen LogP contribution in [0.5, 0.6) is 0 Å². The molecule has 6 heteroatoms. The molecule has 2 rings (SSSR count). The quantitative estimate of drug-likeness (QED) is 0.619. The number of aromatic nitrogens is 2. The number of halogens is 1. The fourth-order valence-corrected chi connectivity index (χ4v) is 2.63. The summed E-state index contributed by atoms with van der Waals surface area (Å²) in [5.74, 6) is -0.128. The molecule has 1 amide bonds. The van der Waals surface area contributed by atoms with Crippen LogP contribution >= 0.6 is 11.6 Å². The number of carbonyl (C=O) groups is 1. The van der Waals surface area contributed by atoms with E-state index in [9.17, 15) is 4.79 Å². The van der Waals surface area contributed by atoms with Crippen LogP contribution in [-0.4, -0.2) is 35.8 Å². The van der Waals surface area contributed by atoms with Crippen LogP contribution in [0.15, 0.2) is 36.4 Å². The maximum atomic E-state index is 11.9. The summed E-state index contributed by atoms with van der Waals surface area (Å²) < 4.78 is 1.59. The van der Waals surface area contributed by atoms with Crippen molar-refractivity contribution in [2.45, 2.75) is 13.3 Å². The summed E-state index contributed by atoms with van der Waals surface area (Å²) in [6.07, 6.45) is 4.07. The van der Waals surface area contributed by atoms with E-state index in [1.807, 2.05) is 32.2 Å². The lowest BCUT2D eigenvalue weighted by Crippen LogP contribution is -2.26. The van der Waals surface area contributed by atoms with Crippen LogP contribution in [0.2, 0.25) is 5.15 Å². The first-order valence-corrected chi connectivity index (χ1v) is 8.28. The van der Waals surface area contributed by atoms with Gasteiger partial charge in [-0.05, 0) is 31.6 Å². The van der Waals surface area contributed by atoms with Crippen molar-refractivity contribution in [3.63, 3.8) is 0 Å². The molecule has 0 atom stereocenters. The fourth-order valence-electron chi connectivity index (χ4n) is 2.39. The van der Waals surface area contributed by atoms with Gasteiger partial charge >= 0.3 is 0 Å². The highest BCUT2D eigenvalue weighted by Gasteiger charge is 2.08. The molecule has 0 bridgehead atoms. The molecule has 0 fully saturated rings. The monoisotopic (exact) mass is 346 g/mol. The Hall–Kier alpha value is -2.27. The maximum Gasteiger partial charge on any atom is 0.244 e. The van der Waals surface area contributed by atoms with Crippen molar-refractivity contribution in [3.05, 3.63) is 52.8 Å². The van der Waals surface area contributed by atoms with Gasteiger partial charge in [-0.1, -0.05) is 29.8 Å². The first kappa shape index (κ1) is 18.1. The van der Waals surface area contributed by atoms with E-state index < -0.39 is 0 Å². The summed E-state index contributed by atoms with van der Waals surface area (Å²) in [5.41, 5.74) is 2.75. The van der Waals surface area contributed by atoms with Gasteiger partial charge in [0, 0.05) is 44.5 Å². The minimum Gasteiger partial charge on any atom is -0.375 e. The van der Waals surface area contributed by atoms with Crippen LogP contribution in [0.4, 0.5) is 5.69 Å². The Morgan fingerprint density at radius 3 is 2.71 bits per heavy atom. The van der Waals surface area contributed by atoms with Gasteiger partial charge in [0.2, 0.25) is 5.91 Å². The topological polar surface area (TPSA) is 50.2 Å². The summed E-state index contributed by atoms with van der Waals surface area (Å²) in [5, 5.41) is 7.62. The predicted molar refractivity (Wildman–Crippen MR) is 99.3 cm³/mol. The van der Waals surface area contributed by atoms with Gasteiger partial charge in [-0.3, -0.25) is 9.48 Å². The molecule has 0 aliphatic rings. The third-order valence-electron chi connectivity index (χ3n) is 3.76. The Bertz CT molecular complexity index is 709. The van der Waals surface area contributed by atoms with Gasteiger partial charge in [0.15, 0.2) is 0 Å². The Morgan fingerprint density at radius 2 is 2.08 bits per heavy atom. The predicted octanol–water partition coefficient (Wildman–Crippen LogP) is 3.04. The van der Waals surface area contributed by atoms with Crippen molar-refractivity contribution in [2.75, 3.05) is 25.0 Å². The van der Waals surface area contributed by atoms with Crippen LogP contribution in [0.1, 0.15) is 17.7 Å². The van der Waals surface area contributed by atoms with Gasteiger partial charge in [-0.25, -0.2) is 0 Å². The Kier molecular flexibility index (Phi) is 6.44. The third-order valence-corrected chi connectivity index (χ3v) is 4.21. The van der Waals surface area contributed by atoms with Crippen molar-refractivity contribution in [3.8, 4) is 0 Å². The molecule has 1 heterocycles. The molecule has 2 aromatic rings. The zero-order chi connectivity index (χ0) is 17.5. The van der Waals surface area contributed by atoms with E-state index in [0.29, 0.717) is 11.7 Å². The molecule has 0 saturated carbocycles. The van der Waals surface area contributed by atoms with E-state index in [1.54, 1.807) is 17.8 Å². The van der Waals surface area contributed by atoms with Gasteiger partial charge in [0.1, 0.15) is 5.15 Å². The largest absolute Gasteiger partial charge is 0.375 e. The molecular formula is C18H23ClN4O. The Morgan fingerprint density at radius 1 is 1.38 bits per heavy atom. The van der Waals surface area contributed by atoms with E-state index in [0.717, 1.165) is 24.2 Å². The zero-order valence-corrected chi connectivity index (χ0v) is 15.0. The lowest BCUT2D eigenvalue weighted by atomic mass is 10.2. The molecule has 1 aromatic carbocycles. The summed E-state index contributed by atoms with van der Waals surface area (Å²) >= 11 is 6.13. The standard InChI is InChI=1S/C18H23ClN4O/c1-14-16(18(19)23(3)21-14)10-11-17(24)20-12-7-13-22(2)15-8-5-4-6-9-15/h4-6,8-11H,7,12-13H2,1-3H3,(H,20,24)/b11-10+. The summed E-state index contributed by atoms with van der Waals surface area (Å²) in [6, 6.07) is 10.2. The Labute approximate surface area is 147 Å². The summed E-state index contributed by atoms with van der Waals surface area (Å²) in [7, 11) is 3.82. The van der Waals surface area contributed by atoms with E-state index in [-0.39, 0.29) is 5.91 Å². The minimum absolute atomic E-state index is 0.128. The fraction of sp³-hybridized carbons (Fsp3) is 0.333. The van der Waals surface area contributed by atoms with Crippen LogP contribution in [-0.2, 0) is 11.8 Å². The third kappa shape index (κ3) is 4.86. The molecule has 5 nitrogen and oxygen atoms in total. The van der Waals surface area contributed by atoms with Crippen molar-refractivity contribution in [1.82, 2.24) is 15.1 Å². The van der Waals surface area contributed by atoms with E-state index >= 15 is 0 Å². The maximum absolute atomic E-state index is 11.9. The Balaban J connectivity index is 1.74. The normalized spacial score (nSPS) is 11.0. The molecule has 0 aliphatic heterocycles. The smallest absolute Gasteiger partial charge is 0.244 e. The number of anilines is 1. The first-order chi connectivity index (χ1) is 11.5. The number of para-hydroxylation sites is 1. The molecule has 1 aromatic heterocycles. The van der Waals surface area contributed by atoms with Crippen LogP contribution in [0.3, 0.4) is 0 Å². The van der Waals surface area contributed by atoms with Crippen molar-refractivity contribution >= 4 is 29.3 Å². The molecule has 0 aliphatic carbocycles. The van der Waals surface area contributed by atoms with E-state index in [4.69, 9.17) is 11.6 Å². The number of amides is 1. The van der Waals surface area contributed by atoms with Crippen LogP contribution < -0.4 is 10.2 Å². The number of benzene rings is 1. The second kappa shape index (κ2) is 8.55. The van der Waals surface area contributed by atoms with Gasteiger partial charge < -0.3 is 10.2 Å². The highest BCUT2D eigenvalue weighted by atomic mass is 35.5. The highest BCUT2D eigenvalue weighted by Crippen LogP contribution is 2.19. The average Bonchev–Trinajstić information content (AvgIpc) is 2.82. The van der Waals surface area contributed by atoms with Gasteiger partial charge in [-0.2, -0.15) is 5.10 Å². The van der Waals surface area contributed by atoms with Gasteiger partial charge in [-0.15, -0.1) is 0 Å². The molecule has 0 unspecified atom stereocenters. The number of hydrogen-bond donors (Lipinski definition) is 1. The highest BCUT2D eigenvalue weighted by molar-refractivity contribution is 6.31. The second-order valence-electron chi connectivity index (χ2n) is 5.65. The number of rotatable bonds is 7. The van der Waals surface area contributed by atoms with E-state index in [1.165, 1.54) is 11.8 Å². The lowest BCUT2D eigenvalue weighted by molar-refractivity contribution is -0.116. The molecule has 1 N–H and O–H groups in total. The number of hydrogen-bond acceptors (Lipinski definition) is 3. The van der Waals surface area contributed by atoms with Gasteiger partial charge in [0.25, 0.3) is 0 Å². The number of aryl methyl sites for hydroxylation is 2. The molecule has 128 valence electrons. The summed E-state index contributed by atoms with van der Waals surface area (Å²) in [6.45, 7) is 3.37. The van der Waals surface area contributed by atoms with Crippen LogP contribution in [0, 0.1) is 6.92 Å². The summed E-state index contributed by atoms with van der Waals surface area (Å²) in [4.78, 5) is 14.0. The number of nitrogens with zero attached hydrogens (tertiary/aromatic N) is 3. The molecule has 0 radical (unpaired) electrons. The SMILES string of the molecule is Cc1nn(C)c(Cl)c1/C=C/C(=O)NCCCN(C)c1ccccc1. The molecule has 0 spiro atoms. The van der Waals surface area contributed by atoms with Crippen molar-refractivity contribution < 1.29 is 4.79 Å².